The first-order valence-corrected chi connectivity index (χ1v) is 5.77. The highest BCUT2D eigenvalue weighted by Crippen LogP contribution is 2.18. The smallest absolute Gasteiger partial charge is 0.178 e. The number of nitrogens with zero attached hydrogens (tertiary/aromatic N) is 4. The predicted octanol–water partition coefficient (Wildman–Crippen LogP) is 2.01. The van der Waals surface area contributed by atoms with Crippen LogP contribution in [-0.2, 0) is 13.6 Å². The van der Waals surface area contributed by atoms with Crippen LogP contribution in [0.3, 0.4) is 0 Å². The number of benzene rings is 1. The average molecular weight is 263 g/mol. The van der Waals surface area contributed by atoms with Gasteiger partial charge in [0.2, 0.25) is 0 Å². The molecule has 0 saturated heterocycles. The van der Waals surface area contributed by atoms with Crippen LogP contribution in [0, 0.1) is 10.6 Å². The maximum absolute atomic E-state index is 13.6. The molecule has 0 aliphatic heterocycles. The molecule has 92 valence electrons. The Kier molecular flexibility index (Phi) is 2.48. The fourth-order valence-corrected chi connectivity index (χ4v) is 2.16. The molecule has 0 bridgehead atoms. The molecule has 18 heavy (non-hydrogen) atoms. The molecule has 0 spiro atoms. The van der Waals surface area contributed by atoms with Gasteiger partial charge in [0, 0.05) is 7.05 Å². The first kappa shape index (κ1) is 11.1. The van der Waals surface area contributed by atoms with Crippen molar-refractivity contribution in [3.8, 4) is 0 Å². The summed E-state index contributed by atoms with van der Waals surface area (Å²) in [5.41, 5.74) is 1.15. The second kappa shape index (κ2) is 4.02. The Balaban J connectivity index is 2.18. The highest BCUT2D eigenvalue weighted by molar-refractivity contribution is 7.71. The summed E-state index contributed by atoms with van der Waals surface area (Å²) in [5.74, 6) is 0.451. The molecule has 3 aromatic rings. The molecule has 0 unspecified atom stereocenters. The standard InChI is InChI=1S/C11H10FN5S/c1-16-6-13-15-9(16)5-17-8-4-2-3-7(12)10(8)14-11(17)18/h2-4,6H,5H2,1H3,(H,14,18). The largest absolute Gasteiger partial charge is 0.328 e. The Morgan fingerprint density at radius 1 is 1.44 bits per heavy atom. The van der Waals surface area contributed by atoms with Gasteiger partial charge in [0.25, 0.3) is 0 Å². The van der Waals surface area contributed by atoms with E-state index in [1.165, 1.54) is 6.07 Å². The zero-order chi connectivity index (χ0) is 12.7. The van der Waals surface area contributed by atoms with Gasteiger partial charge in [0.05, 0.1) is 12.1 Å². The van der Waals surface area contributed by atoms with E-state index in [4.69, 9.17) is 12.2 Å². The van der Waals surface area contributed by atoms with Crippen LogP contribution in [0.1, 0.15) is 5.82 Å². The van der Waals surface area contributed by atoms with Crippen molar-refractivity contribution in [2.45, 2.75) is 6.54 Å². The average Bonchev–Trinajstić information content (AvgIpc) is 2.87. The minimum Gasteiger partial charge on any atom is -0.328 e. The number of nitrogens with one attached hydrogen (secondary N) is 1. The van der Waals surface area contributed by atoms with Gasteiger partial charge in [-0.2, -0.15) is 0 Å². The van der Waals surface area contributed by atoms with E-state index < -0.39 is 0 Å². The molecule has 0 aliphatic carbocycles. The van der Waals surface area contributed by atoms with E-state index in [-0.39, 0.29) is 5.82 Å². The molecular formula is C11H10FN5S. The molecule has 0 fully saturated rings. The summed E-state index contributed by atoms with van der Waals surface area (Å²) in [5, 5.41) is 7.81. The van der Waals surface area contributed by atoms with Gasteiger partial charge < -0.3 is 14.1 Å². The van der Waals surface area contributed by atoms with E-state index in [1.54, 1.807) is 21.5 Å². The van der Waals surface area contributed by atoms with Crippen molar-refractivity contribution in [2.75, 3.05) is 0 Å². The van der Waals surface area contributed by atoms with Crippen LogP contribution in [0.25, 0.3) is 11.0 Å². The number of hydrogen-bond donors (Lipinski definition) is 1. The van der Waals surface area contributed by atoms with E-state index in [0.717, 1.165) is 11.3 Å². The van der Waals surface area contributed by atoms with Gasteiger partial charge in [-0.1, -0.05) is 6.07 Å². The minimum atomic E-state index is -0.310. The lowest BCUT2D eigenvalue weighted by atomic mass is 10.3. The lowest BCUT2D eigenvalue weighted by molar-refractivity contribution is 0.637. The highest BCUT2D eigenvalue weighted by atomic mass is 32.1. The number of rotatable bonds is 2. The van der Waals surface area contributed by atoms with E-state index in [2.05, 4.69) is 15.2 Å². The van der Waals surface area contributed by atoms with Crippen LogP contribution < -0.4 is 0 Å². The third-order valence-electron chi connectivity index (χ3n) is 2.86. The number of imidazole rings is 1. The van der Waals surface area contributed by atoms with Crippen molar-refractivity contribution in [2.24, 2.45) is 7.05 Å². The number of para-hydroxylation sites is 1. The molecule has 3 rings (SSSR count). The predicted molar refractivity (Wildman–Crippen MR) is 67.2 cm³/mol. The van der Waals surface area contributed by atoms with E-state index in [1.807, 2.05) is 13.1 Å². The molecule has 1 aromatic carbocycles. The molecular weight excluding hydrogens is 253 g/mol. The van der Waals surface area contributed by atoms with Gasteiger partial charge in [-0.15, -0.1) is 10.2 Å². The number of aromatic amines is 1. The van der Waals surface area contributed by atoms with Gasteiger partial charge in [-0.05, 0) is 24.4 Å². The molecule has 0 atom stereocenters. The minimum absolute atomic E-state index is 0.310. The van der Waals surface area contributed by atoms with Crippen molar-refractivity contribution in [1.29, 1.82) is 0 Å². The summed E-state index contributed by atoms with van der Waals surface area (Å²) in [6.45, 7) is 0.457. The maximum Gasteiger partial charge on any atom is 0.178 e. The van der Waals surface area contributed by atoms with Gasteiger partial charge in [-0.3, -0.25) is 0 Å². The Labute approximate surface area is 107 Å². The molecule has 0 radical (unpaired) electrons. The molecule has 0 saturated carbocycles. The topological polar surface area (TPSA) is 51.4 Å². The van der Waals surface area contributed by atoms with Crippen molar-refractivity contribution >= 4 is 23.3 Å². The van der Waals surface area contributed by atoms with Crippen molar-refractivity contribution in [1.82, 2.24) is 24.3 Å². The van der Waals surface area contributed by atoms with Gasteiger partial charge in [0.1, 0.15) is 17.7 Å². The molecule has 0 aliphatic rings. The lowest BCUT2D eigenvalue weighted by Crippen LogP contribution is -2.05. The lowest BCUT2D eigenvalue weighted by Gasteiger charge is -2.03. The normalized spacial score (nSPS) is 11.2. The highest BCUT2D eigenvalue weighted by Gasteiger charge is 2.10. The van der Waals surface area contributed by atoms with E-state index >= 15 is 0 Å². The van der Waals surface area contributed by atoms with Crippen LogP contribution in [0.2, 0.25) is 0 Å². The third-order valence-corrected chi connectivity index (χ3v) is 3.19. The van der Waals surface area contributed by atoms with E-state index in [9.17, 15) is 4.39 Å². The number of aromatic nitrogens is 5. The number of aryl methyl sites for hydroxylation is 1. The molecule has 2 aromatic heterocycles. The number of hydrogen-bond acceptors (Lipinski definition) is 3. The van der Waals surface area contributed by atoms with Crippen LogP contribution >= 0.6 is 12.2 Å². The summed E-state index contributed by atoms with van der Waals surface area (Å²) in [7, 11) is 1.86. The van der Waals surface area contributed by atoms with Crippen molar-refractivity contribution in [3.05, 3.63) is 40.9 Å². The van der Waals surface area contributed by atoms with Crippen LogP contribution in [-0.4, -0.2) is 24.3 Å². The monoisotopic (exact) mass is 263 g/mol. The number of halogens is 1. The van der Waals surface area contributed by atoms with Gasteiger partial charge >= 0.3 is 0 Å². The fourth-order valence-electron chi connectivity index (χ4n) is 1.89. The van der Waals surface area contributed by atoms with Crippen LogP contribution in [0.15, 0.2) is 24.5 Å². The second-order valence-corrected chi connectivity index (χ2v) is 4.40. The van der Waals surface area contributed by atoms with E-state index in [0.29, 0.717) is 16.8 Å². The quantitative estimate of drug-likeness (QED) is 0.720. The molecule has 5 nitrogen and oxygen atoms in total. The fraction of sp³-hybridized carbons (Fsp3) is 0.182. The molecule has 1 N–H and O–H groups in total. The number of H-pyrrole nitrogens is 1. The zero-order valence-electron chi connectivity index (χ0n) is 9.59. The Bertz CT molecular complexity index is 769. The first-order valence-electron chi connectivity index (χ1n) is 5.36. The summed E-state index contributed by atoms with van der Waals surface area (Å²) < 4.78 is 17.7. The molecule has 2 heterocycles. The van der Waals surface area contributed by atoms with Gasteiger partial charge in [0.15, 0.2) is 10.6 Å². The third kappa shape index (κ3) is 1.63. The Morgan fingerprint density at radius 2 is 2.28 bits per heavy atom. The molecule has 7 heteroatoms. The maximum atomic E-state index is 13.6. The van der Waals surface area contributed by atoms with Crippen LogP contribution in [0.5, 0.6) is 0 Å². The second-order valence-electron chi connectivity index (χ2n) is 4.01. The SMILES string of the molecule is Cn1cnnc1Cn1c(=S)[nH]c2c(F)cccc21. The van der Waals surface area contributed by atoms with Crippen molar-refractivity contribution < 1.29 is 4.39 Å². The molecule has 0 amide bonds. The summed E-state index contributed by atoms with van der Waals surface area (Å²) in [6.07, 6.45) is 1.62. The summed E-state index contributed by atoms with van der Waals surface area (Å²) in [6, 6.07) is 4.88. The van der Waals surface area contributed by atoms with Gasteiger partial charge in [-0.25, -0.2) is 4.39 Å². The number of fused-ring (bicyclic) bond motifs is 1. The Hall–Kier alpha value is -2.02. The summed E-state index contributed by atoms with van der Waals surface area (Å²) in [4.78, 5) is 2.87. The van der Waals surface area contributed by atoms with Crippen molar-refractivity contribution in [3.63, 3.8) is 0 Å². The Morgan fingerprint density at radius 3 is 3.00 bits per heavy atom. The zero-order valence-corrected chi connectivity index (χ0v) is 10.4. The van der Waals surface area contributed by atoms with Crippen LogP contribution in [0.4, 0.5) is 4.39 Å². The first-order chi connectivity index (χ1) is 8.66. The summed E-state index contributed by atoms with van der Waals surface area (Å²) >= 11 is 5.21.